The van der Waals surface area contributed by atoms with Crippen molar-refractivity contribution in [3.63, 3.8) is 0 Å². The van der Waals surface area contributed by atoms with Crippen molar-refractivity contribution in [1.82, 2.24) is 15.7 Å². The number of ether oxygens (including phenoxy) is 1. The summed E-state index contributed by atoms with van der Waals surface area (Å²) in [6, 6.07) is 10.6. The van der Waals surface area contributed by atoms with Gasteiger partial charge in [-0.15, -0.1) is 0 Å². The number of rotatable bonds is 10. The highest BCUT2D eigenvalue weighted by Gasteiger charge is 2.55. The van der Waals surface area contributed by atoms with Crippen LogP contribution in [0.4, 0.5) is 4.79 Å². The van der Waals surface area contributed by atoms with Crippen LogP contribution in [0, 0.1) is 0 Å². The van der Waals surface area contributed by atoms with Gasteiger partial charge in [0.15, 0.2) is 0 Å². The highest BCUT2D eigenvalue weighted by Crippen LogP contribution is 2.28. The molecule has 1 aliphatic heterocycles. The average Bonchev–Trinajstić information content (AvgIpc) is 2.91. The molecule has 0 bridgehead atoms. The number of β-amino-alcohol motifs (C(OH)–C–C–N with tert-alkyl or cyclic N) is 1. The summed E-state index contributed by atoms with van der Waals surface area (Å²) < 4.78 is 5.20. The van der Waals surface area contributed by atoms with Crippen molar-refractivity contribution in [2.24, 2.45) is 0 Å². The molecule has 1 heterocycles. The van der Waals surface area contributed by atoms with Crippen molar-refractivity contribution in [3.05, 3.63) is 65.7 Å². The number of nitrogens with zero attached hydrogens (tertiary/aromatic N) is 1. The Labute approximate surface area is 218 Å². The summed E-state index contributed by atoms with van der Waals surface area (Å²) in [6.45, 7) is -2.52. The van der Waals surface area contributed by atoms with Crippen LogP contribution in [0.15, 0.2) is 54.6 Å². The molecule has 3 rings (SSSR count). The second kappa shape index (κ2) is 13.0. The number of carbonyl (C=O) groups is 2. The Balaban J connectivity index is 1.76. The van der Waals surface area contributed by atoms with E-state index in [2.05, 4.69) is 10.6 Å². The van der Waals surface area contributed by atoms with Crippen molar-refractivity contribution < 1.29 is 50.2 Å². The first-order valence-electron chi connectivity index (χ1n) is 11.9. The zero-order valence-electron chi connectivity index (χ0n) is 20.4. The quantitative estimate of drug-likeness (QED) is 0.166. The number of alkyl carbamates (subject to hydrolysis) is 1. The van der Waals surface area contributed by atoms with Gasteiger partial charge in [0.05, 0.1) is 31.8 Å². The maximum absolute atomic E-state index is 13.3. The van der Waals surface area contributed by atoms with Gasteiger partial charge >= 0.3 is 6.09 Å². The van der Waals surface area contributed by atoms with Gasteiger partial charge in [0, 0.05) is 6.42 Å². The Bertz CT molecular complexity index is 1060. The van der Waals surface area contributed by atoms with E-state index in [4.69, 9.17) is 4.74 Å². The van der Waals surface area contributed by atoms with Crippen molar-refractivity contribution in [2.75, 3.05) is 19.8 Å². The van der Waals surface area contributed by atoms with E-state index in [1.807, 2.05) is 0 Å². The summed E-state index contributed by atoms with van der Waals surface area (Å²) in [5.74, 6) is -0.828. The molecule has 0 aromatic heterocycles. The summed E-state index contributed by atoms with van der Waals surface area (Å²) in [4.78, 5) is 25.8. The fourth-order valence-corrected chi connectivity index (χ4v) is 4.25. The van der Waals surface area contributed by atoms with Crippen LogP contribution in [0.2, 0.25) is 0 Å². The number of hydrogen-bond acceptors (Lipinski definition) is 11. The van der Waals surface area contributed by atoms with Gasteiger partial charge in [-0.05, 0) is 23.3 Å². The molecule has 6 atom stereocenters. The van der Waals surface area contributed by atoms with Crippen LogP contribution >= 0.6 is 0 Å². The van der Waals surface area contributed by atoms with Crippen LogP contribution in [0.25, 0.3) is 0 Å². The molecular weight excluding hydrogens is 502 g/mol. The van der Waals surface area contributed by atoms with E-state index >= 15 is 0 Å². The number of aliphatic hydroxyl groups excluding tert-OH is 4. The standard InChI is InChI=1S/C25H33N3O10/c29-12-19(21-22(33)25(36,14-30)20(32)11-28(21)37)26-23(34)18(10-15-6-8-17(31)9-7-15)27-24(35)38-13-16-4-2-1-3-5-16/h1-9,18-22,29-33,36-37H,10-14H2,(H,26,34)(H,27,35)/t18-,19?,20-,21-,22-,25-/m0/s1. The zero-order valence-corrected chi connectivity index (χ0v) is 20.4. The number of piperidine rings is 1. The average molecular weight is 536 g/mol. The lowest BCUT2D eigenvalue weighted by Gasteiger charge is -2.49. The minimum atomic E-state index is -2.42. The third-order valence-corrected chi connectivity index (χ3v) is 6.50. The largest absolute Gasteiger partial charge is 0.508 e. The number of nitrogens with one attached hydrogen (secondary N) is 2. The second-order valence-corrected chi connectivity index (χ2v) is 9.15. The van der Waals surface area contributed by atoms with Gasteiger partial charge in [-0.2, -0.15) is 5.06 Å². The topological polar surface area (TPSA) is 212 Å². The molecule has 1 saturated heterocycles. The molecule has 0 aliphatic carbocycles. The van der Waals surface area contributed by atoms with Crippen LogP contribution in [-0.4, -0.2) is 109 Å². The molecule has 208 valence electrons. The Morgan fingerprint density at radius 3 is 2.29 bits per heavy atom. The molecule has 2 aromatic carbocycles. The Kier molecular flexibility index (Phi) is 9.99. The Morgan fingerprint density at radius 1 is 1.03 bits per heavy atom. The molecule has 13 nitrogen and oxygen atoms in total. The first-order chi connectivity index (χ1) is 18.1. The highest BCUT2D eigenvalue weighted by atomic mass is 16.5. The van der Waals surface area contributed by atoms with E-state index in [-0.39, 0.29) is 18.8 Å². The molecule has 9 N–H and O–H groups in total. The van der Waals surface area contributed by atoms with Gasteiger partial charge in [0.25, 0.3) is 0 Å². The third-order valence-electron chi connectivity index (χ3n) is 6.50. The number of aromatic hydroxyl groups is 1. The molecule has 38 heavy (non-hydrogen) atoms. The normalized spacial score (nSPS) is 25.3. The van der Waals surface area contributed by atoms with Gasteiger partial charge in [0.2, 0.25) is 5.91 Å². The monoisotopic (exact) mass is 535 g/mol. The minimum absolute atomic E-state index is 0.00166. The van der Waals surface area contributed by atoms with E-state index in [9.17, 15) is 45.4 Å². The minimum Gasteiger partial charge on any atom is -0.508 e. The molecule has 1 unspecified atom stereocenters. The third kappa shape index (κ3) is 6.96. The highest BCUT2D eigenvalue weighted by molar-refractivity contribution is 5.86. The zero-order chi connectivity index (χ0) is 27.9. The SMILES string of the molecule is O=C(N[C@@H](Cc1ccc(O)cc1)C(=O)NC(CO)[C@H]1[C@H](O)[C@](O)(CO)[C@@H](O)CN1O)OCc1ccccc1. The Morgan fingerprint density at radius 2 is 1.68 bits per heavy atom. The van der Waals surface area contributed by atoms with Crippen molar-refractivity contribution in [3.8, 4) is 5.75 Å². The summed E-state index contributed by atoms with van der Waals surface area (Å²) in [7, 11) is 0. The van der Waals surface area contributed by atoms with Crippen molar-refractivity contribution in [1.29, 1.82) is 0 Å². The fourth-order valence-electron chi connectivity index (χ4n) is 4.25. The van der Waals surface area contributed by atoms with Crippen molar-refractivity contribution in [2.45, 2.75) is 49.0 Å². The second-order valence-electron chi connectivity index (χ2n) is 9.15. The molecule has 1 aliphatic rings. The fraction of sp³-hybridized carbons (Fsp3) is 0.440. The lowest BCUT2D eigenvalue weighted by molar-refractivity contribution is -0.282. The maximum Gasteiger partial charge on any atom is 0.408 e. The molecule has 1 fully saturated rings. The number of hydrogen-bond donors (Lipinski definition) is 9. The number of carbonyl (C=O) groups excluding carboxylic acids is 2. The van der Waals surface area contributed by atoms with Gasteiger partial charge in [-0.25, -0.2) is 4.79 Å². The molecule has 2 amide bonds. The van der Waals surface area contributed by atoms with E-state index in [0.29, 0.717) is 10.6 Å². The van der Waals surface area contributed by atoms with Crippen LogP contribution in [0.3, 0.4) is 0 Å². The van der Waals surface area contributed by atoms with Gasteiger partial charge in [-0.3, -0.25) is 4.79 Å². The Hall–Kier alpha value is -3.30. The summed E-state index contributed by atoms with van der Waals surface area (Å²) in [5.41, 5.74) is -1.14. The van der Waals surface area contributed by atoms with Gasteiger partial charge in [-0.1, -0.05) is 42.5 Å². The molecule has 0 saturated carbocycles. The molecule has 13 heteroatoms. The number of phenolic OH excluding ortho intramolecular Hbond substituents is 1. The molecular formula is C25H33N3O10. The number of aliphatic hydroxyl groups is 5. The van der Waals surface area contributed by atoms with Crippen LogP contribution in [0.1, 0.15) is 11.1 Å². The van der Waals surface area contributed by atoms with E-state index < -0.39 is 67.7 Å². The van der Waals surface area contributed by atoms with Crippen molar-refractivity contribution >= 4 is 12.0 Å². The van der Waals surface area contributed by atoms with Crippen LogP contribution in [0.5, 0.6) is 5.75 Å². The van der Waals surface area contributed by atoms with Crippen LogP contribution < -0.4 is 10.6 Å². The molecule has 2 aromatic rings. The number of phenols is 1. The first-order valence-corrected chi connectivity index (χ1v) is 11.9. The van der Waals surface area contributed by atoms with Gasteiger partial charge in [0.1, 0.15) is 36.2 Å². The molecule has 0 spiro atoms. The first kappa shape index (κ1) is 29.3. The lowest BCUT2D eigenvalue weighted by atomic mass is 9.80. The maximum atomic E-state index is 13.3. The predicted molar refractivity (Wildman–Crippen MR) is 131 cm³/mol. The lowest BCUT2D eigenvalue weighted by Crippen LogP contribution is -2.74. The summed E-state index contributed by atoms with van der Waals surface area (Å²) >= 11 is 0. The number of hydroxylamine groups is 2. The number of benzene rings is 2. The van der Waals surface area contributed by atoms with E-state index in [0.717, 1.165) is 5.56 Å². The summed E-state index contributed by atoms with van der Waals surface area (Å²) in [5, 5.41) is 75.9. The number of amides is 2. The van der Waals surface area contributed by atoms with E-state index in [1.54, 1.807) is 42.5 Å². The smallest absolute Gasteiger partial charge is 0.408 e. The molecule has 0 radical (unpaired) electrons. The van der Waals surface area contributed by atoms with Crippen LogP contribution in [-0.2, 0) is 22.6 Å². The summed E-state index contributed by atoms with van der Waals surface area (Å²) in [6.07, 6.45) is -4.66. The van der Waals surface area contributed by atoms with Gasteiger partial charge < -0.3 is 51.2 Å². The predicted octanol–water partition coefficient (Wildman–Crippen LogP) is -1.77. The van der Waals surface area contributed by atoms with E-state index in [1.165, 1.54) is 12.1 Å².